The number of hydrogen-bond acceptors (Lipinski definition) is 6. The van der Waals surface area contributed by atoms with Crippen LogP contribution in [0.25, 0.3) is 0 Å². The zero-order chi connectivity index (χ0) is 12.3. The van der Waals surface area contributed by atoms with Crippen molar-refractivity contribution in [3.8, 4) is 0 Å². The van der Waals surface area contributed by atoms with E-state index in [0.717, 1.165) is 37.6 Å². The SMILES string of the molecule is CNc1cc(N2CCCC(OC)C2)nc(N)n1. The fourth-order valence-corrected chi connectivity index (χ4v) is 2.08. The van der Waals surface area contributed by atoms with Gasteiger partial charge in [-0.15, -0.1) is 0 Å². The summed E-state index contributed by atoms with van der Waals surface area (Å²) in [7, 11) is 3.57. The molecule has 0 bridgehead atoms. The van der Waals surface area contributed by atoms with Crippen LogP contribution in [0.4, 0.5) is 17.6 Å². The molecule has 0 aliphatic carbocycles. The van der Waals surface area contributed by atoms with E-state index >= 15 is 0 Å². The molecule has 2 heterocycles. The first kappa shape index (κ1) is 11.9. The van der Waals surface area contributed by atoms with Crippen LogP contribution < -0.4 is 16.0 Å². The van der Waals surface area contributed by atoms with Crippen molar-refractivity contribution in [3.05, 3.63) is 6.07 Å². The number of nitrogens with one attached hydrogen (secondary N) is 1. The van der Waals surface area contributed by atoms with Gasteiger partial charge in [-0.3, -0.25) is 0 Å². The van der Waals surface area contributed by atoms with E-state index in [1.807, 2.05) is 13.1 Å². The monoisotopic (exact) mass is 237 g/mol. The molecule has 0 spiro atoms. The molecule has 1 unspecified atom stereocenters. The topological polar surface area (TPSA) is 76.3 Å². The summed E-state index contributed by atoms with van der Waals surface area (Å²) in [5, 5.41) is 2.98. The third kappa shape index (κ3) is 2.76. The van der Waals surface area contributed by atoms with Gasteiger partial charge in [-0.2, -0.15) is 9.97 Å². The minimum atomic E-state index is 0.276. The van der Waals surface area contributed by atoms with E-state index in [1.165, 1.54) is 0 Å². The van der Waals surface area contributed by atoms with Gasteiger partial charge in [0, 0.05) is 33.3 Å². The van der Waals surface area contributed by atoms with Gasteiger partial charge in [0.05, 0.1) is 6.10 Å². The Morgan fingerprint density at radius 1 is 1.53 bits per heavy atom. The van der Waals surface area contributed by atoms with Crippen molar-refractivity contribution in [1.29, 1.82) is 0 Å². The van der Waals surface area contributed by atoms with Crippen LogP contribution in [0.15, 0.2) is 6.07 Å². The minimum Gasteiger partial charge on any atom is -0.380 e. The Bertz CT molecular complexity index is 384. The summed E-state index contributed by atoms with van der Waals surface area (Å²) in [6.07, 6.45) is 2.49. The van der Waals surface area contributed by atoms with Gasteiger partial charge in [0.25, 0.3) is 0 Å². The van der Waals surface area contributed by atoms with Crippen LogP contribution in [0.5, 0.6) is 0 Å². The van der Waals surface area contributed by atoms with Crippen molar-refractivity contribution in [3.63, 3.8) is 0 Å². The molecule has 1 fully saturated rings. The number of anilines is 3. The lowest BCUT2D eigenvalue weighted by molar-refractivity contribution is 0.0891. The lowest BCUT2D eigenvalue weighted by atomic mass is 10.1. The molecule has 1 aliphatic heterocycles. The van der Waals surface area contributed by atoms with Crippen molar-refractivity contribution in [2.45, 2.75) is 18.9 Å². The standard InChI is InChI=1S/C11H19N5O/c1-13-9-6-10(15-11(12)14-9)16-5-3-4-8(7-16)17-2/h6,8H,3-5,7H2,1-2H3,(H3,12,13,14,15). The Hall–Kier alpha value is -1.56. The van der Waals surface area contributed by atoms with Crippen molar-refractivity contribution >= 4 is 17.6 Å². The molecular formula is C11H19N5O. The smallest absolute Gasteiger partial charge is 0.223 e. The number of hydrogen-bond donors (Lipinski definition) is 2. The van der Waals surface area contributed by atoms with Crippen molar-refractivity contribution in [2.75, 3.05) is 43.2 Å². The van der Waals surface area contributed by atoms with E-state index < -0.39 is 0 Å². The van der Waals surface area contributed by atoms with Crippen LogP contribution in [0.3, 0.4) is 0 Å². The second-order valence-electron chi connectivity index (χ2n) is 4.17. The number of piperidine rings is 1. The Balaban J connectivity index is 2.18. The van der Waals surface area contributed by atoms with E-state index in [0.29, 0.717) is 5.95 Å². The molecule has 1 aromatic rings. The molecule has 2 rings (SSSR count). The van der Waals surface area contributed by atoms with Crippen molar-refractivity contribution in [2.24, 2.45) is 0 Å². The highest BCUT2D eigenvalue weighted by atomic mass is 16.5. The molecule has 3 N–H and O–H groups in total. The number of aromatic nitrogens is 2. The van der Waals surface area contributed by atoms with Crippen molar-refractivity contribution < 1.29 is 4.74 Å². The summed E-state index contributed by atoms with van der Waals surface area (Å²) in [5.74, 6) is 1.90. The predicted octanol–water partition coefficient (Wildman–Crippen LogP) is 0.716. The summed E-state index contributed by atoms with van der Waals surface area (Å²) in [6, 6.07) is 1.91. The van der Waals surface area contributed by atoms with Gasteiger partial charge in [-0.25, -0.2) is 0 Å². The number of rotatable bonds is 3. The Kier molecular flexibility index (Phi) is 3.63. The van der Waals surface area contributed by atoms with Gasteiger partial charge in [-0.05, 0) is 12.8 Å². The number of methoxy groups -OCH3 is 1. The molecule has 1 aliphatic rings. The summed E-state index contributed by atoms with van der Waals surface area (Å²) in [6.45, 7) is 1.84. The van der Waals surface area contributed by atoms with Crippen LogP contribution >= 0.6 is 0 Å². The summed E-state index contributed by atoms with van der Waals surface area (Å²) < 4.78 is 5.40. The molecule has 0 aromatic carbocycles. The Morgan fingerprint density at radius 2 is 2.35 bits per heavy atom. The van der Waals surface area contributed by atoms with Crippen molar-refractivity contribution in [1.82, 2.24) is 9.97 Å². The summed E-state index contributed by atoms with van der Waals surface area (Å²) >= 11 is 0. The first-order chi connectivity index (χ1) is 8.22. The van der Waals surface area contributed by atoms with Gasteiger partial charge in [0.1, 0.15) is 11.6 Å². The van der Waals surface area contributed by atoms with Gasteiger partial charge in [0.15, 0.2) is 0 Å². The minimum absolute atomic E-state index is 0.276. The lowest BCUT2D eigenvalue weighted by Gasteiger charge is -2.32. The molecular weight excluding hydrogens is 218 g/mol. The second kappa shape index (κ2) is 5.18. The van der Waals surface area contributed by atoms with Crippen LogP contribution in [-0.4, -0.2) is 43.3 Å². The Morgan fingerprint density at radius 3 is 3.06 bits per heavy atom. The highest BCUT2D eigenvalue weighted by Crippen LogP contribution is 2.21. The maximum Gasteiger partial charge on any atom is 0.223 e. The number of nitrogens with two attached hydrogens (primary N) is 1. The van der Waals surface area contributed by atoms with Crippen LogP contribution in [-0.2, 0) is 4.74 Å². The Labute approximate surface area is 101 Å². The predicted molar refractivity (Wildman–Crippen MR) is 68.2 cm³/mol. The highest BCUT2D eigenvalue weighted by Gasteiger charge is 2.21. The van der Waals surface area contributed by atoms with Crippen LogP contribution in [0.1, 0.15) is 12.8 Å². The van der Waals surface area contributed by atoms with Crippen LogP contribution in [0.2, 0.25) is 0 Å². The van der Waals surface area contributed by atoms with Gasteiger partial charge in [0.2, 0.25) is 5.95 Å². The molecule has 0 amide bonds. The van der Waals surface area contributed by atoms with E-state index in [1.54, 1.807) is 7.11 Å². The van der Waals surface area contributed by atoms with Gasteiger partial charge < -0.3 is 20.7 Å². The highest BCUT2D eigenvalue weighted by molar-refractivity contribution is 5.52. The summed E-state index contributed by atoms with van der Waals surface area (Å²) in [4.78, 5) is 10.5. The normalized spacial score (nSPS) is 20.4. The fraction of sp³-hybridized carbons (Fsp3) is 0.636. The average molecular weight is 237 g/mol. The van der Waals surface area contributed by atoms with Gasteiger partial charge >= 0.3 is 0 Å². The van der Waals surface area contributed by atoms with Crippen LogP contribution in [0, 0.1) is 0 Å². The molecule has 1 atom stereocenters. The average Bonchev–Trinajstić information content (AvgIpc) is 2.38. The lowest BCUT2D eigenvalue weighted by Crippen LogP contribution is -2.39. The first-order valence-corrected chi connectivity index (χ1v) is 5.83. The zero-order valence-electron chi connectivity index (χ0n) is 10.3. The third-order valence-electron chi connectivity index (χ3n) is 3.02. The molecule has 0 radical (unpaired) electrons. The third-order valence-corrected chi connectivity index (χ3v) is 3.02. The number of nitrogens with zero attached hydrogens (tertiary/aromatic N) is 3. The number of nitrogen functional groups attached to an aromatic ring is 1. The fourth-order valence-electron chi connectivity index (χ4n) is 2.08. The van der Waals surface area contributed by atoms with E-state index in [4.69, 9.17) is 10.5 Å². The number of ether oxygens (including phenoxy) is 1. The summed E-state index contributed by atoms with van der Waals surface area (Å²) in [5.41, 5.74) is 5.69. The zero-order valence-corrected chi connectivity index (χ0v) is 10.3. The van der Waals surface area contributed by atoms with E-state index in [9.17, 15) is 0 Å². The maximum atomic E-state index is 5.69. The molecule has 6 heteroatoms. The molecule has 94 valence electrons. The quantitative estimate of drug-likeness (QED) is 0.806. The molecule has 1 aromatic heterocycles. The largest absolute Gasteiger partial charge is 0.380 e. The van der Waals surface area contributed by atoms with Gasteiger partial charge in [-0.1, -0.05) is 0 Å². The first-order valence-electron chi connectivity index (χ1n) is 5.83. The second-order valence-corrected chi connectivity index (χ2v) is 4.17. The van der Waals surface area contributed by atoms with E-state index in [2.05, 4.69) is 20.2 Å². The molecule has 0 saturated carbocycles. The van der Waals surface area contributed by atoms with E-state index in [-0.39, 0.29) is 6.10 Å². The maximum absolute atomic E-state index is 5.69. The molecule has 1 saturated heterocycles. The molecule has 17 heavy (non-hydrogen) atoms. The molecule has 6 nitrogen and oxygen atoms in total.